The van der Waals surface area contributed by atoms with Crippen molar-refractivity contribution in [2.24, 2.45) is 0 Å². The Labute approximate surface area is 177 Å². The van der Waals surface area contributed by atoms with Crippen LogP contribution in [0.2, 0.25) is 0 Å². The first-order valence-corrected chi connectivity index (χ1v) is 10.1. The summed E-state index contributed by atoms with van der Waals surface area (Å²) in [6, 6.07) is 23.4. The zero-order valence-electron chi connectivity index (χ0n) is 17.3. The lowest BCUT2D eigenvalue weighted by atomic mass is 10.0. The summed E-state index contributed by atoms with van der Waals surface area (Å²) in [6.07, 6.45) is 1.34. The van der Waals surface area contributed by atoms with Gasteiger partial charge < -0.3 is 19.7 Å². The molecule has 1 fully saturated rings. The molecule has 1 aliphatic rings. The van der Waals surface area contributed by atoms with Crippen molar-refractivity contribution in [3.63, 3.8) is 0 Å². The summed E-state index contributed by atoms with van der Waals surface area (Å²) in [7, 11) is 3.41. The van der Waals surface area contributed by atoms with E-state index in [1.165, 1.54) is 0 Å². The van der Waals surface area contributed by atoms with Crippen molar-refractivity contribution in [3.05, 3.63) is 78.4 Å². The average Bonchev–Trinajstić information content (AvgIpc) is 3.29. The first kappa shape index (κ1) is 20.0. The van der Waals surface area contributed by atoms with Crippen LogP contribution in [-0.4, -0.2) is 39.3 Å². The number of nitrogens with zero attached hydrogens (tertiary/aromatic N) is 1. The lowest BCUT2D eigenvalue weighted by Crippen LogP contribution is -2.22. The third kappa shape index (κ3) is 4.47. The quantitative estimate of drug-likeness (QED) is 0.641. The van der Waals surface area contributed by atoms with Crippen LogP contribution in [0.4, 0.5) is 11.4 Å². The van der Waals surface area contributed by atoms with Gasteiger partial charge in [0.25, 0.3) is 5.91 Å². The molecule has 1 amide bonds. The fourth-order valence-electron chi connectivity index (χ4n) is 3.73. The standard InChI is InChI=1S/C25H26N2O3/c1-29-23-5-3-4-20(16-23)18-6-8-19(9-7-18)25(28)26-21-10-12-22(13-11-21)27-15-14-24(17-27)30-2/h3-13,16,24H,14-15,17H2,1-2H3,(H,26,28). The second-order valence-corrected chi connectivity index (χ2v) is 7.40. The number of hydrogen-bond donors (Lipinski definition) is 1. The molecule has 5 nitrogen and oxygen atoms in total. The molecule has 1 saturated heterocycles. The van der Waals surface area contributed by atoms with Gasteiger partial charge in [0.05, 0.1) is 13.2 Å². The van der Waals surface area contributed by atoms with Crippen LogP contribution in [0.5, 0.6) is 5.75 Å². The van der Waals surface area contributed by atoms with Gasteiger partial charge in [0, 0.05) is 37.1 Å². The van der Waals surface area contributed by atoms with Gasteiger partial charge in [-0.2, -0.15) is 0 Å². The summed E-state index contributed by atoms with van der Waals surface area (Å²) in [5.74, 6) is 0.685. The summed E-state index contributed by atoms with van der Waals surface area (Å²) in [5, 5.41) is 2.97. The average molecular weight is 402 g/mol. The monoisotopic (exact) mass is 402 g/mol. The minimum absolute atomic E-state index is 0.124. The third-order valence-corrected chi connectivity index (χ3v) is 5.52. The fourth-order valence-corrected chi connectivity index (χ4v) is 3.73. The van der Waals surface area contributed by atoms with Gasteiger partial charge in [-0.1, -0.05) is 24.3 Å². The zero-order chi connectivity index (χ0) is 20.9. The van der Waals surface area contributed by atoms with Crippen LogP contribution in [0.25, 0.3) is 11.1 Å². The Hall–Kier alpha value is -3.31. The molecule has 0 aromatic heterocycles. The van der Waals surface area contributed by atoms with Gasteiger partial charge in [-0.3, -0.25) is 4.79 Å². The molecule has 0 saturated carbocycles. The highest BCUT2D eigenvalue weighted by atomic mass is 16.5. The number of nitrogens with one attached hydrogen (secondary N) is 1. The van der Waals surface area contributed by atoms with E-state index in [2.05, 4.69) is 10.2 Å². The van der Waals surface area contributed by atoms with Crippen LogP contribution < -0.4 is 15.0 Å². The van der Waals surface area contributed by atoms with E-state index >= 15 is 0 Å². The molecule has 0 aliphatic carbocycles. The van der Waals surface area contributed by atoms with E-state index in [0.717, 1.165) is 47.8 Å². The van der Waals surface area contributed by atoms with E-state index in [-0.39, 0.29) is 5.91 Å². The molecular formula is C25H26N2O3. The first-order valence-electron chi connectivity index (χ1n) is 10.1. The number of amides is 1. The molecule has 0 bridgehead atoms. The molecular weight excluding hydrogens is 376 g/mol. The van der Waals surface area contributed by atoms with Crippen LogP contribution in [-0.2, 0) is 4.74 Å². The van der Waals surface area contributed by atoms with Crippen LogP contribution in [0, 0.1) is 0 Å². The van der Waals surface area contributed by atoms with Gasteiger partial charge in [0.15, 0.2) is 0 Å². The van der Waals surface area contributed by atoms with Gasteiger partial charge in [-0.15, -0.1) is 0 Å². The number of ether oxygens (including phenoxy) is 2. The molecule has 3 aromatic carbocycles. The zero-order valence-corrected chi connectivity index (χ0v) is 17.3. The van der Waals surface area contributed by atoms with Gasteiger partial charge in [0.1, 0.15) is 5.75 Å². The van der Waals surface area contributed by atoms with Crippen molar-refractivity contribution in [2.75, 3.05) is 37.5 Å². The van der Waals surface area contributed by atoms with Crippen LogP contribution in [0.1, 0.15) is 16.8 Å². The summed E-state index contributed by atoms with van der Waals surface area (Å²) in [4.78, 5) is 14.9. The number of benzene rings is 3. The van der Waals surface area contributed by atoms with Crippen LogP contribution in [0.15, 0.2) is 72.8 Å². The second-order valence-electron chi connectivity index (χ2n) is 7.40. The SMILES string of the molecule is COc1cccc(-c2ccc(C(=O)Nc3ccc(N4CCC(OC)C4)cc3)cc2)c1. The highest BCUT2D eigenvalue weighted by molar-refractivity contribution is 6.04. The van der Waals surface area contributed by atoms with Crippen molar-refractivity contribution in [1.82, 2.24) is 0 Å². The Morgan fingerprint density at radius 3 is 2.40 bits per heavy atom. The van der Waals surface area contributed by atoms with Crippen molar-refractivity contribution in [2.45, 2.75) is 12.5 Å². The number of carbonyl (C=O) groups is 1. The van der Waals surface area contributed by atoms with Crippen molar-refractivity contribution in [3.8, 4) is 16.9 Å². The Morgan fingerprint density at radius 1 is 0.967 bits per heavy atom. The highest BCUT2D eigenvalue weighted by Crippen LogP contribution is 2.25. The number of anilines is 2. The lowest BCUT2D eigenvalue weighted by molar-refractivity contribution is 0.102. The van der Waals surface area contributed by atoms with Gasteiger partial charge in [-0.05, 0) is 66.1 Å². The van der Waals surface area contributed by atoms with E-state index in [4.69, 9.17) is 9.47 Å². The maximum absolute atomic E-state index is 12.6. The molecule has 3 aromatic rings. The minimum atomic E-state index is -0.124. The molecule has 1 N–H and O–H groups in total. The molecule has 1 unspecified atom stereocenters. The van der Waals surface area contributed by atoms with Crippen LogP contribution >= 0.6 is 0 Å². The van der Waals surface area contributed by atoms with Gasteiger partial charge in [-0.25, -0.2) is 0 Å². The molecule has 4 rings (SSSR count). The minimum Gasteiger partial charge on any atom is -0.497 e. The maximum atomic E-state index is 12.6. The number of hydrogen-bond acceptors (Lipinski definition) is 4. The Bertz CT molecular complexity index is 1000. The highest BCUT2D eigenvalue weighted by Gasteiger charge is 2.22. The topological polar surface area (TPSA) is 50.8 Å². The second kappa shape index (κ2) is 9.01. The molecule has 30 heavy (non-hydrogen) atoms. The lowest BCUT2D eigenvalue weighted by Gasteiger charge is -2.18. The largest absolute Gasteiger partial charge is 0.497 e. The Morgan fingerprint density at radius 2 is 1.73 bits per heavy atom. The van der Waals surface area contributed by atoms with Gasteiger partial charge >= 0.3 is 0 Å². The third-order valence-electron chi connectivity index (χ3n) is 5.52. The summed E-state index contributed by atoms with van der Waals surface area (Å²) < 4.78 is 10.7. The molecule has 154 valence electrons. The molecule has 0 spiro atoms. The Kier molecular flexibility index (Phi) is 6.00. The fraction of sp³-hybridized carbons (Fsp3) is 0.240. The normalized spacial score (nSPS) is 15.8. The van der Waals surface area contributed by atoms with E-state index < -0.39 is 0 Å². The van der Waals surface area contributed by atoms with E-state index in [9.17, 15) is 4.79 Å². The summed E-state index contributed by atoms with van der Waals surface area (Å²) >= 11 is 0. The molecule has 1 aliphatic heterocycles. The predicted octanol–water partition coefficient (Wildman–Crippen LogP) is 4.84. The number of rotatable bonds is 6. The van der Waals surface area contributed by atoms with Crippen molar-refractivity contribution in [1.29, 1.82) is 0 Å². The summed E-state index contributed by atoms with van der Waals surface area (Å²) in [6.45, 7) is 1.89. The maximum Gasteiger partial charge on any atom is 0.255 e. The number of carbonyl (C=O) groups excluding carboxylic acids is 1. The van der Waals surface area contributed by atoms with Gasteiger partial charge in [0.2, 0.25) is 0 Å². The first-order chi connectivity index (χ1) is 14.7. The smallest absolute Gasteiger partial charge is 0.255 e. The Balaban J connectivity index is 1.40. The molecule has 0 radical (unpaired) electrons. The van der Waals surface area contributed by atoms with Crippen molar-refractivity contribution >= 4 is 17.3 Å². The number of methoxy groups -OCH3 is 2. The predicted molar refractivity (Wildman–Crippen MR) is 120 cm³/mol. The molecule has 1 atom stereocenters. The van der Waals surface area contributed by atoms with E-state index in [1.54, 1.807) is 14.2 Å². The van der Waals surface area contributed by atoms with E-state index in [1.807, 2.05) is 72.8 Å². The van der Waals surface area contributed by atoms with Crippen molar-refractivity contribution < 1.29 is 14.3 Å². The van der Waals surface area contributed by atoms with Crippen LogP contribution in [0.3, 0.4) is 0 Å². The molecule has 1 heterocycles. The van der Waals surface area contributed by atoms with E-state index in [0.29, 0.717) is 11.7 Å². The molecule has 5 heteroatoms. The summed E-state index contributed by atoms with van der Waals surface area (Å²) in [5.41, 5.74) is 4.64.